The number of carbonyl (C=O) groups is 1. The lowest BCUT2D eigenvalue weighted by molar-refractivity contribution is -0.146. The van der Waals surface area contributed by atoms with E-state index in [1.807, 2.05) is 0 Å². The Morgan fingerprint density at radius 2 is 1.10 bits per heavy atom. The zero-order valence-electron chi connectivity index (χ0n) is 20.2. The molecule has 0 amide bonds. The van der Waals surface area contributed by atoms with Gasteiger partial charge in [0.15, 0.2) is 5.85 Å². The minimum atomic E-state index is -4.41. The largest absolute Gasteiger partial charge is 0.462 e. The molecule has 0 bridgehead atoms. The fourth-order valence-corrected chi connectivity index (χ4v) is 4.28. The highest BCUT2D eigenvalue weighted by molar-refractivity contribution is 7.52. The second-order valence-electron chi connectivity index (χ2n) is 8.59. The van der Waals surface area contributed by atoms with Crippen LogP contribution in [0.1, 0.15) is 129 Å². The van der Waals surface area contributed by atoms with Gasteiger partial charge in [0.1, 0.15) is 6.61 Å². The average molecular weight is 465 g/mol. The van der Waals surface area contributed by atoms with Gasteiger partial charge in [-0.3, -0.25) is 9.36 Å². The topological polar surface area (TPSA) is 93.1 Å². The minimum absolute atomic E-state index is 0.159. The smallest absolute Gasteiger partial charge is 0.357 e. The van der Waals surface area contributed by atoms with E-state index in [1.54, 1.807) is 6.92 Å². The van der Waals surface area contributed by atoms with E-state index >= 15 is 0 Å². The van der Waals surface area contributed by atoms with Crippen LogP contribution < -0.4 is 0 Å². The van der Waals surface area contributed by atoms with E-state index in [1.165, 1.54) is 89.9 Å². The van der Waals surface area contributed by atoms with Crippen molar-refractivity contribution in [3.05, 3.63) is 0 Å². The van der Waals surface area contributed by atoms with Gasteiger partial charge in [-0.1, -0.05) is 110 Å². The number of ether oxygens (including phenoxy) is 2. The summed E-state index contributed by atoms with van der Waals surface area (Å²) in [6, 6.07) is 0. The molecule has 0 spiro atoms. The zero-order valence-corrected chi connectivity index (χ0v) is 21.1. The van der Waals surface area contributed by atoms with Gasteiger partial charge in [0, 0.05) is 13.0 Å². The van der Waals surface area contributed by atoms with Crippen LogP contribution in [0.15, 0.2) is 0 Å². The molecule has 0 radical (unpaired) electrons. The first-order valence-corrected chi connectivity index (χ1v) is 14.4. The fraction of sp³-hybridized carbons (Fsp3) is 0.958. The molecule has 0 aliphatic heterocycles. The fourth-order valence-electron chi connectivity index (χ4n) is 3.67. The Bertz CT molecular complexity index is 451. The predicted molar refractivity (Wildman–Crippen MR) is 127 cm³/mol. The van der Waals surface area contributed by atoms with E-state index in [-0.39, 0.29) is 6.61 Å². The molecule has 0 fully saturated rings. The molecule has 0 aliphatic carbocycles. The van der Waals surface area contributed by atoms with Crippen LogP contribution in [0, 0.1) is 0 Å². The highest BCUT2D eigenvalue weighted by atomic mass is 31.2. The van der Waals surface area contributed by atoms with Gasteiger partial charge in [-0.25, -0.2) is 0 Å². The second kappa shape index (κ2) is 21.4. The molecule has 0 aliphatic rings. The molecule has 0 aromatic carbocycles. The summed E-state index contributed by atoms with van der Waals surface area (Å²) >= 11 is 0. The van der Waals surface area contributed by atoms with Gasteiger partial charge < -0.3 is 19.3 Å². The first-order valence-electron chi connectivity index (χ1n) is 12.7. The van der Waals surface area contributed by atoms with Gasteiger partial charge in [0.05, 0.1) is 0 Å². The Labute approximate surface area is 191 Å². The molecule has 0 heterocycles. The second-order valence-corrected chi connectivity index (χ2v) is 10.3. The normalized spacial score (nSPS) is 12.8. The van der Waals surface area contributed by atoms with Gasteiger partial charge in [-0.15, -0.1) is 0 Å². The zero-order chi connectivity index (χ0) is 23.2. The maximum atomic E-state index is 11.7. The van der Waals surface area contributed by atoms with Crippen molar-refractivity contribution in [2.75, 3.05) is 13.2 Å². The van der Waals surface area contributed by atoms with Crippen LogP contribution >= 0.6 is 7.60 Å². The molecular formula is C24H49O6P. The van der Waals surface area contributed by atoms with Gasteiger partial charge in [-0.2, -0.15) is 0 Å². The van der Waals surface area contributed by atoms with Crippen molar-refractivity contribution in [3.8, 4) is 0 Å². The minimum Gasteiger partial charge on any atom is -0.462 e. The molecule has 0 saturated heterocycles. The molecule has 2 N–H and O–H groups in total. The predicted octanol–water partition coefficient (Wildman–Crippen LogP) is 7.11. The van der Waals surface area contributed by atoms with E-state index in [4.69, 9.17) is 19.3 Å². The Balaban J connectivity index is 3.37. The Morgan fingerprint density at radius 3 is 1.45 bits per heavy atom. The number of hydrogen-bond acceptors (Lipinski definition) is 4. The van der Waals surface area contributed by atoms with Crippen molar-refractivity contribution >= 4 is 13.6 Å². The first kappa shape index (κ1) is 30.6. The summed E-state index contributed by atoms with van der Waals surface area (Å²) in [5.41, 5.74) is 0. The van der Waals surface area contributed by atoms with Crippen LogP contribution in [0.5, 0.6) is 0 Å². The lowest BCUT2D eigenvalue weighted by Gasteiger charge is -2.18. The molecule has 0 rings (SSSR count). The number of rotatable bonds is 23. The first-order chi connectivity index (χ1) is 14.9. The van der Waals surface area contributed by atoms with Crippen molar-refractivity contribution < 1.29 is 28.6 Å². The standard InChI is InChI=1S/C24H49O6P/c1-3-5-6-7-8-9-10-11-12-13-14-15-16-17-18-19-20-21-23(25)30-22-24(29-4-2)31(26,27)28/h24H,3-22H2,1-2H3,(H2,26,27,28). The molecule has 0 aromatic rings. The Kier molecular flexibility index (Phi) is 21.1. The summed E-state index contributed by atoms with van der Waals surface area (Å²) in [4.78, 5) is 30.0. The van der Waals surface area contributed by atoms with Gasteiger partial charge in [0.25, 0.3) is 0 Å². The lowest BCUT2D eigenvalue weighted by Crippen LogP contribution is -2.22. The molecule has 1 atom stereocenters. The molecule has 0 aromatic heterocycles. The number of carbonyl (C=O) groups excluding carboxylic acids is 1. The summed E-state index contributed by atoms with van der Waals surface area (Å²) in [6.07, 6.45) is 22.2. The van der Waals surface area contributed by atoms with Crippen LogP contribution in [-0.4, -0.2) is 34.8 Å². The molecule has 6 nitrogen and oxygen atoms in total. The molecular weight excluding hydrogens is 415 g/mol. The lowest BCUT2D eigenvalue weighted by atomic mass is 10.0. The summed E-state index contributed by atoms with van der Waals surface area (Å²) < 4.78 is 21.1. The van der Waals surface area contributed by atoms with E-state index in [9.17, 15) is 9.36 Å². The van der Waals surface area contributed by atoms with Crippen molar-refractivity contribution in [1.29, 1.82) is 0 Å². The highest BCUT2D eigenvalue weighted by Crippen LogP contribution is 2.41. The SMILES string of the molecule is CCCCCCCCCCCCCCCCCCCC(=O)OCC(OCC)P(=O)(O)O. The Morgan fingerprint density at radius 1 is 0.710 bits per heavy atom. The summed E-state index contributed by atoms with van der Waals surface area (Å²) in [5.74, 6) is -1.78. The maximum Gasteiger partial charge on any atom is 0.357 e. The van der Waals surface area contributed by atoms with Crippen LogP contribution in [-0.2, 0) is 18.8 Å². The third-order valence-corrected chi connectivity index (χ3v) is 6.65. The molecule has 186 valence electrons. The number of hydrogen-bond donors (Lipinski definition) is 2. The number of esters is 1. The molecule has 7 heteroatoms. The summed E-state index contributed by atoms with van der Waals surface area (Å²) in [5, 5.41) is 0. The van der Waals surface area contributed by atoms with E-state index in [2.05, 4.69) is 6.92 Å². The molecule has 0 saturated carbocycles. The molecule has 31 heavy (non-hydrogen) atoms. The molecule has 1 unspecified atom stereocenters. The van der Waals surface area contributed by atoms with E-state index in [0.29, 0.717) is 6.42 Å². The van der Waals surface area contributed by atoms with Gasteiger partial charge in [-0.05, 0) is 13.3 Å². The van der Waals surface area contributed by atoms with Crippen molar-refractivity contribution in [3.63, 3.8) is 0 Å². The summed E-state index contributed by atoms with van der Waals surface area (Å²) in [6.45, 7) is 3.67. The van der Waals surface area contributed by atoms with Gasteiger partial charge in [0.2, 0.25) is 0 Å². The monoisotopic (exact) mass is 464 g/mol. The van der Waals surface area contributed by atoms with Crippen LogP contribution in [0.3, 0.4) is 0 Å². The maximum absolute atomic E-state index is 11.7. The van der Waals surface area contributed by atoms with Crippen LogP contribution in [0.25, 0.3) is 0 Å². The van der Waals surface area contributed by atoms with E-state index < -0.39 is 26.0 Å². The average Bonchev–Trinajstić information content (AvgIpc) is 2.72. The number of unbranched alkanes of at least 4 members (excludes halogenated alkanes) is 16. The van der Waals surface area contributed by atoms with Crippen molar-refractivity contribution in [1.82, 2.24) is 0 Å². The van der Waals surface area contributed by atoms with Gasteiger partial charge >= 0.3 is 13.6 Å². The third kappa shape index (κ3) is 21.2. The van der Waals surface area contributed by atoms with E-state index in [0.717, 1.165) is 19.3 Å². The van der Waals surface area contributed by atoms with Crippen molar-refractivity contribution in [2.24, 2.45) is 0 Å². The summed E-state index contributed by atoms with van der Waals surface area (Å²) in [7, 11) is -4.41. The van der Waals surface area contributed by atoms with Crippen molar-refractivity contribution in [2.45, 2.75) is 135 Å². The van der Waals surface area contributed by atoms with Crippen LogP contribution in [0.2, 0.25) is 0 Å². The van der Waals surface area contributed by atoms with Crippen LogP contribution in [0.4, 0.5) is 0 Å². The third-order valence-electron chi connectivity index (χ3n) is 5.61. The highest BCUT2D eigenvalue weighted by Gasteiger charge is 2.30. The Hall–Kier alpha value is -0.420. The quantitative estimate of drug-likeness (QED) is 0.0950.